The lowest BCUT2D eigenvalue weighted by molar-refractivity contribution is -0.121. The predicted molar refractivity (Wildman–Crippen MR) is 113 cm³/mol. The SMILES string of the molecule is Cc1ccc(C2CC(=O)N(c3ccc(Cl)cc3)C3=C2C(=O)CC(C)(C)C3)cc1. The highest BCUT2D eigenvalue weighted by molar-refractivity contribution is 6.30. The number of aryl methyl sites for hydroxylation is 1. The molecular weight excluding hydrogens is 370 g/mol. The van der Waals surface area contributed by atoms with Crippen LogP contribution in [0.4, 0.5) is 5.69 Å². The Hall–Kier alpha value is -2.39. The molecule has 0 aromatic heterocycles. The van der Waals surface area contributed by atoms with Crippen LogP contribution >= 0.6 is 11.6 Å². The third-order valence-corrected chi connectivity index (χ3v) is 5.96. The third-order valence-electron chi connectivity index (χ3n) is 5.71. The molecule has 28 heavy (non-hydrogen) atoms. The van der Waals surface area contributed by atoms with Crippen LogP contribution in [0.15, 0.2) is 59.8 Å². The number of rotatable bonds is 2. The summed E-state index contributed by atoms with van der Waals surface area (Å²) in [5, 5.41) is 0.625. The molecule has 0 saturated carbocycles. The smallest absolute Gasteiger partial charge is 0.232 e. The van der Waals surface area contributed by atoms with E-state index in [1.54, 1.807) is 17.0 Å². The number of halogens is 1. The van der Waals surface area contributed by atoms with Gasteiger partial charge in [0.25, 0.3) is 0 Å². The van der Waals surface area contributed by atoms with E-state index in [-0.39, 0.29) is 23.0 Å². The molecule has 2 aromatic carbocycles. The number of hydrogen-bond acceptors (Lipinski definition) is 2. The van der Waals surface area contributed by atoms with Crippen molar-refractivity contribution in [1.82, 2.24) is 0 Å². The second kappa shape index (κ2) is 6.89. The molecular formula is C24H24ClNO2. The van der Waals surface area contributed by atoms with E-state index < -0.39 is 0 Å². The highest BCUT2D eigenvalue weighted by atomic mass is 35.5. The Morgan fingerprint density at radius 1 is 0.964 bits per heavy atom. The van der Waals surface area contributed by atoms with E-state index in [1.165, 1.54) is 5.56 Å². The number of Topliss-reactive ketones (excluding diaryl/α,β-unsaturated/α-hetero) is 1. The van der Waals surface area contributed by atoms with E-state index in [9.17, 15) is 9.59 Å². The van der Waals surface area contributed by atoms with Crippen LogP contribution in [-0.4, -0.2) is 11.7 Å². The fourth-order valence-corrected chi connectivity index (χ4v) is 4.51. The number of carbonyl (C=O) groups is 2. The first-order valence-corrected chi connectivity index (χ1v) is 10.0. The minimum Gasteiger partial charge on any atom is -0.294 e. The number of carbonyl (C=O) groups excluding carboxylic acids is 2. The van der Waals surface area contributed by atoms with Crippen LogP contribution < -0.4 is 4.90 Å². The second-order valence-corrected chi connectivity index (χ2v) is 9.11. The van der Waals surface area contributed by atoms with Crippen molar-refractivity contribution in [3.63, 3.8) is 0 Å². The molecule has 1 heterocycles. The molecule has 4 rings (SSSR count). The van der Waals surface area contributed by atoms with Gasteiger partial charge < -0.3 is 0 Å². The van der Waals surface area contributed by atoms with Crippen LogP contribution in [0.25, 0.3) is 0 Å². The monoisotopic (exact) mass is 393 g/mol. The highest BCUT2D eigenvalue weighted by Crippen LogP contribution is 2.48. The summed E-state index contributed by atoms with van der Waals surface area (Å²) in [4.78, 5) is 28.2. The zero-order valence-corrected chi connectivity index (χ0v) is 17.2. The topological polar surface area (TPSA) is 37.4 Å². The normalized spacial score (nSPS) is 21.7. The van der Waals surface area contributed by atoms with E-state index in [4.69, 9.17) is 11.6 Å². The number of benzene rings is 2. The number of allylic oxidation sites excluding steroid dienone is 2. The van der Waals surface area contributed by atoms with Crippen molar-refractivity contribution in [3.8, 4) is 0 Å². The van der Waals surface area contributed by atoms with Gasteiger partial charge in [-0.3, -0.25) is 14.5 Å². The van der Waals surface area contributed by atoms with Gasteiger partial charge in [0.05, 0.1) is 0 Å². The summed E-state index contributed by atoms with van der Waals surface area (Å²) in [5.41, 5.74) is 4.46. The average molecular weight is 394 g/mol. The molecule has 0 N–H and O–H groups in total. The molecule has 1 amide bonds. The van der Waals surface area contributed by atoms with Crippen molar-refractivity contribution in [2.75, 3.05) is 4.90 Å². The number of ketones is 1. The zero-order valence-electron chi connectivity index (χ0n) is 16.5. The largest absolute Gasteiger partial charge is 0.294 e. The first kappa shape index (κ1) is 18.9. The molecule has 1 unspecified atom stereocenters. The van der Waals surface area contributed by atoms with Gasteiger partial charge in [0.15, 0.2) is 5.78 Å². The summed E-state index contributed by atoms with van der Waals surface area (Å²) in [6, 6.07) is 15.4. The van der Waals surface area contributed by atoms with Crippen molar-refractivity contribution >= 4 is 29.0 Å². The highest BCUT2D eigenvalue weighted by Gasteiger charge is 2.44. The molecule has 144 valence electrons. The van der Waals surface area contributed by atoms with Gasteiger partial charge in [-0.2, -0.15) is 0 Å². The first-order valence-electron chi connectivity index (χ1n) is 9.66. The Morgan fingerprint density at radius 2 is 1.61 bits per heavy atom. The molecule has 1 aliphatic carbocycles. The Bertz CT molecular complexity index is 971. The van der Waals surface area contributed by atoms with E-state index >= 15 is 0 Å². The van der Waals surface area contributed by atoms with Crippen LogP contribution in [0.3, 0.4) is 0 Å². The van der Waals surface area contributed by atoms with E-state index in [1.807, 2.05) is 43.3 Å². The maximum Gasteiger partial charge on any atom is 0.232 e. The van der Waals surface area contributed by atoms with Crippen molar-refractivity contribution < 1.29 is 9.59 Å². The molecule has 0 spiro atoms. The lowest BCUT2D eigenvalue weighted by Gasteiger charge is -2.43. The van der Waals surface area contributed by atoms with Gasteiger partial charge in [-0.15, -0.1) is 0 Å². The summed E-state index contributed by atoms with van der Waals surface area (Å²) in [6.07, 6.45) is 1.51. The molecule has 2 aromatic rings. The Morgan fingerprint density at radius 3 is 2.25 bits per heavy atom. The van der Waals surface area contributed by atoms with Crippen molar-refractivity contribution in [2.24, 2.45) is 5.41 Å². The molecule has 0 saturated heterocycles. The maximum absolute atomic E-state index is 13.3. The van der Waals surface area contributed by atoms with Gasteiger partial charge in [-0.1, -0.05) is 55.3 Å². The van der Waals surface area contributed by atoms with Crippen LogP contribution in [0.2, 0.25) is 5.02 Å². The average Bonchev–Trinajstić information content (AvgIpc) is 2.62. The van der Waals surface area contributed by atoms with Crippen LogP contribution in [0, 0.1) is 12.3 Å². The predicted octanol–water partition coefficient (Wildman–Crippen LogP) is 5.81. The Kier molecular flexibility index (Phi) is 4.67. The lowest BCUT2D eigenvalue weighted by Crippen LogP contribution is -2.43. The van der Waals surface area contributed by atoms with Gasteiger partial charge >= 0.3 is 0 Å². The molecule has 4 heteroatoms. The van der Waals surface area contributed by atoms with Gasteiger partial charge in [-0.05, 0) is 48.6 Å². The van der Waals surface area contributed by atoms with Gasteiger partial charge in [0, 0.05) is 40.7 Å². The van der Waals surface area contributed by atoms with Crippen LogP contribution in [-0.2, 0) is 9.59 Å². The molecule has 1 atom stereocenters. The molecule has 3 nitrogen and oxygen atoms in total. The number of nitrogens with zero attached hydrogens (tertiary/aromatic N) is 1. The molecule has 0 fully saturated rings. The zero-order chi connectivity index (χ0) is 20.1. The van der Waals surface area contributed by atoms with Crippen LogP contribution in [0.5, 0.6) is 0 Å². The van der Waals surface area contributed by atoms with Crippen molar-refractivity contribution in [2.45, 2.75) is 46.0 Å². The van der Waals surface area contributed by atoms with Gasteiger partial charge in [0.1, 0.15) is 0 Å². The fourth-order valence-electron chi connectivity index (χ4n) is 4.39. The first-order chi connectivity index (χ1) is 13.2. The summed E-state index contributed by atoms with van der Waals surface area (Å²) >= 11 is 6.04. The van der Waals surface area contributed by atoms with Crippen LogP contribution in [0.1, 0.15) is 50.2 Å². The molecule has 0 radical (unpaired) electrons. The number of anilines is 1. The third kappa shape index (κ3) is 3.40. The molecule has 2 aliphatic rings. The van der Waals surface area contributed by atoms with E-state index in [0.717, 1.165) is 22.5 Å². The summed E-state index contributed by atoms with van der Waals surface area (Å²) in [5.74, 6) is 0.00989. The fraction of sp³-hybridized carbons (Fsp3) is 0.333. The quantitative estimate of drug-likeness (QED) is 0.645. The lowest BCUT2D eigenvalue weighted by atomic mass is 9.69. The summed E-state index contributed by atoms with van der Waals surface area (Å²) in [7, 11) is 0. The Balaban J connectivity index is 1.88. The van der Waals surface area contributed by atoms with Crippen molar-refractivity contribution in [1.29, 1.82) is 0 Å². The molecule has 1 aliphatic heterocycles. The van der Waals surface area contributed by atoms with Gasteiger partial charge in [0.2, 0.25) is 5.91 Å². The number of amides is 1. The Labute approximate surface area is 171 Å². The minimum absolute atomic E-state index is 0.0251. The second-order valence-electron chi connectivity index (χ2n) is 8.67. The summed E-state index contributed by atoms with van der Waals surface area (Å²) < 4.78 is 0. The number of hydrogen-bond donors (Lipinski definition) is 0. The van der Waals surface area contributed by atoms with Gasteiger partial charge in [-0.25, -0.2) is 0 Å². The standard InChI is InChI=1S/C24H24ClNO2/c1-15-4-6-16(7-5-15)19-12-22(28)26(18-10-8-17(25)9-11-18)20-13-24(2,3)14-21(27)23(19)20/h4-11,19H,12-14H2,1-3H3. The van der Waals surface area contributed by atoms with E-state index in [2.05, 4.69) is 13.8 Å². The minimum atomic E-state index is -0.171. The summed E-state index contributed by atoms with van der Waals surface area (Å²) in [6.45, 7) is 6.22. The molecule has 0 bridgehead atoms. The maximum atomic E-state index is 13.3. The van der Waals surface area contributed by atoms with E-state index in [0.29, 0.717) is 24.3 Å². The van der Waals surface area contributed by atoms with Crippen molar-refractivity contribution in [3.05, 3.63) is 76.0 Å².